The smallest absolute Gasteiger partial charge is 0.291 e. The Morgan fingerprint density at radius 3 is 2.34 bits per heavy atom. The van der Waals surface area contributed by atoms with Gasteiger partial charge in [0.1, 0.15) is 18.0 Å². The van der Waals surface area contributed by atoms with Gasteiger partial charge in [-0.1, -0.05) is 13.8 Å². The van der Waals surface area contributed by atoms with E-state index in [1.54, 1.807) is 23.4 Å². The average Bonchev–Trinajstić information content (AvgIpc) is 2.68. The van der Waals surface area contributed by atoms with Gasteiger partial charge in [-0.2, -0.15) is 0 Å². The molecule has 4 aliphatic carbocycles. The number of aromatic nitrogens is 4. The number of nitrogens with one attached hydrogen (secondary N) is 1. The number of hydrogen-bond acceptors (Lipinski definition) is 5. The van der Waals surface area contributed by atoms with Crippen LogP contribution in [0.4, 0.5) is 11.6 Å². The molecule has 2 heterocycles. The molecule has 6 rings (SSSR count). The van der Waals surface area contributed by atoms with E-state index in [-0.39, 0.29) is 17.2 Å². The topological polar surface area (TPSA) is 91.8 Å². The fourth-order valence-electron chi connectivity index (χ4n) is 6.40. The predicted molar refractivity (Wildman–Crippen MR) is 109 cm³/mol. The van der Waals surface area contributed by atoms with Crippen molar-refractivity contribution in [3.05, 3.63) is 40.8 Å². The summed E-state index contributed by atoms with van der Waals surface area (Å²) in [7, 11) is 0. The van der Waals surface area contributed by atoms with Gasteiger partial charge in [0.05, 0.1) is 0 Å². The molecule has 7 heteroatoms. The highest BCUT2D eigenvalue weighted by molar-refractivity contribution is 6.00. The summed E-state index contributed by atoms with van der Waals surface area (Å²) in [4.78, 5) is 42.4. The molecular formula is C22H27N5O2. The Morgan fingerprint density at radius 2 is 1.79 bits per heavy atom. The summed E-state index contributed by atoms with van der Waals surface area (Å²) in [6.45, 7) is 3.72. The molecule has 0 spiro atoms. The maximum atomic E-state index is 13.3. The zero-order valence-electron chi connectivity index (χ0n) is 17.0. The van der Waals surface area contributed by atoms with Crippen LogP contribution in [0.5, 0.6) is 0 Å². The summed E-state index contributed by atoms with van der Waals surface area (Å²) >= 11 is 0. The van der Waals surface area contributed by atoms with E-state index in [1.165, 1.54) is 25.6 Å². The van der Waals surface area contributed by atoms with Gasteiger partial charge in [-0.25, -0.2) is 24.6 Å². The van der Waals surface area contributed by atoms with E-state index in [9.17, 15) is 9.59 Å². The van der Waals surface area contributed by atoms with Crippen molar-refractivity contribution in [1.29, 1.82) is 0 Å². The second kappa shape index (κ2) is 6.75. The average molecular weight is 393 g/mol. The van der Waals surface area contributed by atoms with E-state index in [0.717, 1.165) is 42.6 Å². The summed E-state index contributed by atoms with van der Waals surface area (Å²) in [5, 5.41) is 0. The lowest BCUT2D eigenvalue weighted by Crippen LogP contribution is -2.49. The van der Waals surface area contributed by atoms with Crippen molar-refractivity contribution in [3.8, 4) is 0 Å². The maximum absolute atomic E-state index is 13.3. The quantitative estimate of drug-likeness (QED) is 0.860. The molecule has 0 atom stereocenters. The van der Waals surface area contributed by atoms with E-state index >= 15 is 0 Å². The molecule has 0 unspecified atom stereocenters. The van der Waals surface area contributed by atoms with Gasteiger partial charge in [-0.05, 0) is 62.3 Å². The summed E-state index contributed by atoms with van der Waals surface area (Å²) in [5.41, 5.74) is 0.553. The van der Waals surface area contributed by atoms with Crippen LogP contribution in [0.25, 0.3) is 0 Å². The molecule has 4 fully saturated rings. The number of carbonyl (C=O) groups excluding carboxylic acids is 1. The van der Waals surface area contributed by atoms with E-state index in [4.69, 9.17) is 0 Å². The number of anilines is 2. The number of carbonyl (C=O) groups is 1. The highest BCUT2D eigenvalue weighted by Crippen LogP contribution is 2.61. The zero-order chi connectivity index (χ0) is 20.2. The van der Waals surface area contributed by atoms with Crippen LogP contribution < -0.4 is 10.6 Å². The molecule has 0 aliphatic heterocycles. The molecule has 4 aliphatic rings. The summed E-state index contributed by atoms with van der Waals surface area (Å²) < 4.78 is 0. The first kappa shape index (κ1) is 18.5. The van der Waals surface area contributed by atoms with E-state index in [0.29, 0.717) is 11.6 Å². The first-order valence-corrected chi connectivity index (χ1v) is 10.6. The van der Waals surface area contributed by atoms with Crippen molar-refractivity contribution in [1.82, 2.24) is 19.9 Å². The van der Waals surface area contributed by atoms with Gasteiger partial charge in [0.15, 0.2) is 0 Å². The van der Waals surface area contributed by atoms with Crippen molar-refractivity contribution in [2.75, 3.05) is 4.90 Å². The first-order chi connectivity index (χ1) is 13.9. The van der Waals surface area contributed by atoms with Crippen molar-refractivity contribution in [2.24, 2.45) is 23.7 Å². The van der Waals surface area contributed by atoms with Crippen LogP contribution in [0.15, 0.2) is 29.6 Å². The lowest BCUT2D eigenvalue weighted by Gasteiger charge is -2.57. The van der Waals surface area contributed by atoms with Gasteiger partial charge in [-0.3, -0.25) is 9.78 Å². The van der Waals surface area contributed by atoms with Gasteiger partial charge in [0, 0.05) is 29.3 Å². The zero-order valence-corrected chi connectivity index (χ0v) is 17.0. The summed E-state index contributed by atoms with van der Waals surface area (Å²) in [5.74, 6) is 2.91. The van der Waals surface area contributed by atoms with E-state index < -0.39 is 5.69 Å². The van der Waals surface area contributed by atoms with Crippen LogP contribution in [0.1, 0.15) is 57.9 Å². The van der Waals surface area contributed by atoms with Gasteiger partial charge >= 0.3 is 5.69 Å². The molecule has 0 radical (unpaired) electrons. The molecule has 29 heavy (non-hydrogen) atoms. The number of H-pyrrole nitrogens is 1. The molecule has 0 aromatic carbocycles. The fraction of sp³-hybridized carbons (Fsp3) is 0.591. The summed E-state index contributed by atoms with van der Waals surface area (Å²) in [6, 6.07) is 1.71. The van der Waals surface area contributed by atoms with Gasteiger partial charge in [-0.15, -0.1) is 0 Å². The van der Waals surface area contributed by atoms with Crippen LogP contribution in [-0.2, 0) is 10.2 Å². The second-order valence-electron chi connectivity index (χ2n) is 9.54. The molecule has 0 saturated heterocycles. The monoisotopic (exact) mass is 393 g/mol. The Balaban J connectivity index is 1.68. The van der Waals surface area contributed by atoms with Crippen LogP contribution in [0, 0.1) is 23.7 Å². The molecule has 1 amide bonds. The molecule has 4 saturated carbocycles. The highest BCUT2D eigenvalue weighted by Gasteiger charge is 2.53. The van der Waals surface area contributed by atoms with Gasteiger partial charge in [0.2, 0.25) is 5.91 Å². The fourth-order valence-corrected chi connectivity index (χ4v) is 6.40. The van der Waals surface area contributed by atoms with E-state index in [1.807, 2.05) is 13.8 Å². The van der Waals surface area contributed by atoms with Crippen LogP contribution in [0.3, 0.4) is 0 Å². The largest absolute Gasteiger partial charge is 0.346 e. The predicted octanol–water partition coefficient (Wildman–Crippen LogP) is 3.35. The number of aromatic amines is 1. The van der Waals surface area contributed by atoms with Crippen molar-refractivity contribution in [2.45, 2.75) is 57.8 Å². The lowest BCUT2D eigenvalue weighted by molar-refractivity contribution is -0.120. The Bertz CT molecular complexity index is 949. The number of amides is 1. The first-order valence-electron chi connectivity index (χ1n) is 10.6. The third-order valence-electron chi connectivity index (χ3n) is 7.13. The standard InChI is InChI=1S/C22H27N5O2/c1-13(2)20(28)27(18-3-4-23-12-25-18)19-17(11-24-21(29)26-19)22-8-14-5-15(9-22)7-16(6-14)10-22/h3-4,11-16H,5-10H2,1-2H3,(H,24,26,29). The van der Waals surface area contributed by atoms with E-state index in [2.05, 4.69) is 19.9 Å². The van der Waals surface area contributed by atoms with Crippen LogP contribution in [-0.4, -0.2) is 25.8 Å². The molecule has 4 bridgehead atoms. The molecular weight excluding hydrogens is 366 g/mol. The molecule has 2 aromatic rings. The normalized spacial score (nSPS) is 30.0. The van der Waals surface area contributed by atoms with Crippen molar-refractivity contribution >= 4 is 17.5 Å². The minimum absolute atomic E-state index is 0.0101. The molecule has 152 valence electrons. The van der Waals surface area contributed by atoms with Crippen LogP contribution >= 0.6 is 0 Å². The van der Waals surface area contributed by atoms with Crippen LogP contribution in [0.2, 0.25) is 0 Å². The maximum Gasteiger partial charge on any atom is 0.346 e. The van der Waals surface area contributed by atoms with Crippen molar-refractivity contribution in [3.63, 3.8) is 0 Å². The minimum Gasteiger partial charge on any atom is -0.291 e. The second-order valence-corrected chi connectivity index (χ2v) is 9.54. The Kier molecular flexibility index (Phi) is 4.29. The highest BCUT2D eigenvalue weighted by atomic mass is 16.2. The third kappa shape index (κ3) is 3.07. The Hall–Kier alpha value is -2.57. The third-order valence-corrected chi connectivity index (χ3v) is 7.13. The molecule has 2 aromatic heterocycles. The lowest BCUT2D eigenvalue weighted by atomic mass is 9.48. The van der Waals surface area contributed by atoms with Crippen molar-refractivity contribution < 1.29 is 4.79 Å². The summed E-state index contributed by atoms with van der Waals surface area (Å²) in [6.07, 6.45) is 12.1. The number of rotatable bonds is 4. The minimum atomic E-state index is -0.441. The molecule has 7 nitrogen and oxygen atoms in total. The van der Waals surface area contributed by atoms with Gasteiger partial charge < -0.3 is 0 Å². The number of hydrogen-bond donors (Lipinski definition) is 1. The SMILES string of the molecule is CC(C)C(=O)N(c1ccncn1)c1[nH]c(=O)ncc1C12CC3CC(CC(C3)C1)C2. The van der Waals surface area contributed by atoms with Gasteiger partial charge in [0.25, 0.3) is 0 Å². The Labute approximate surface area is 170 Å². The molecule has 1 N–H and O–H groups in total. The Morgan fingerprint density at radius 1 is 1.14 bits per heavy atom. The number of nitrogens with zero attached hydrogens (tertiary/aromatic N) is 4.